The minimum atomic E-state index is 0.187. The molecule has 0 saturated carbocycles. The second-order valence-corrected chi connectivity index (χ2v) is 3.54. The van der Waals surface area contributed by atoms with Crippen molar-refractivity contribution in [1.82, 2.24) is 15.2 Å². The summed E-state index contributed by atoms with van der Waals surface area (Å²) in [5.41, 5.74) is 0.749. The molecule has 0 radical (unpaired) electrons. The van der Waals surface area contributed by atoms with Crippen molar-refractivity contribution < 1.29 is 9.52 Å². The monoisotopic (exact) mass is 227 g/mol. The van der Waals surface area contributed by atoms with Crippen LogP contribution in [0.1, 0.15) is 0 Å². The van der Waals surface area contributed by atoms with Gasteiger partial charge in [0, 0.05) is 5.56 Å². The lowest BCUT2D eigenvalue weighted by Gasteiger charge is -1.95. The van der Waals surface area contributed by atoms with Crippen molar-refractivity contribution in [3.63, 3.8) is 0 Å². The summed E-state index contributed by atoms with van der Waals surface area (Å²) in [5.74, 6) is 1.90. The predicted molar refractivity (Wildman–Crippen MR) is 61.2 cm³/mol. The van der Waals surface area contributed by atoms with Gasteiger partial charge in [0.1, 0.15) is 5.75 Å². The highest BCUT2D eigenvalue weighted by molar-refractivity contribution is 5.59. The molecule has 3 rings (SSSR count). The van der Waals surface area contributed by atoms with E-state index in [2.05, 4.69) is 15.2 Å². The van der Waals surface area contributed by atoms with Crippen LogP contribution < -0.4 is 0 Å². The average Bonchev–Trinajstić information content (AvgIpc) is 3.00. The molecular formula is C12H9N3O2. The lowest BCUT2D eigenvalue weighted by Crippen LogP contribution is -1.80. The van der Waals surface area contributed by atoms with Gasteiger partial charge in [-0.05, 0) is 24.3 Å². The van der Waals surface area contributed by atoms with Crippen molar-refractivity contribution in [2.45, 2.75) is 0 Å². The Morgan fingerprint density at radius 1 is 1.18 bits per heavy atom. The standard InChI is InChI=1S/C12H9N3O2/c16-9-4-1-3-8(7-9)11-13-12(15-14-11)10-5-2-6-17-10/h1-7,16H,(H,13,14,15). The molecule has 0 fully saturated rings. The van der Waals surface area contributed by atoms with Crippen LogP contribution in [0, 0.1) is 0 Å². The molecule has 5 nitrogen and oxygen atoms in total. The van der Waals surface area contributed by atoms with Crippen molar-refractivity contribution in [1.29, 1.82) is 0 Å². The van der Waals surface area contributed by atoms with Gasteiger partial charge in [-0.2, -0.15) is 5.10 Å². The molecule has 2 N–H and O–H groups in total. The molecule has 2 heterocycles. The SMILES string of the molecule is Oc1cccc(-c2n[nH]c(-c3ccco3)n2)c1. The number of aromatic hydroxyl groups is 1. The summed E-state index contributed by atoms with van der Waals surface area (Å²) >= 11 is 0. The molecule has 84 valence electrons. The largest absolute Gasteiger partial charge is 0.508 e. The van der Waals surface area contributed by atoms with Crippen molar-refractivity contribution >= 4 is 0 Å². The highest BCUT2D eigenvalue weighted by Gasteiger charge is 2.09. The van der Waals surface area contributed by atoms with E-state index in [1.807, 2.05) is 6.07 Å². The molecule has 0 aliphatic heterocycles. The van der Waals surface area contributed by atoms with E-state index in [9.17, 15) is 5.11 Å². The summed E-state index contributed by atoms with van der Waals surface area (Å²) in [6, 6.07) is 10.4. The maximum absolute atomic E-state index is 9.38. The molecular weight excluding hydrogens is 218 g/mol. The van der Waals surface area contributed by atoms with Crippen LogP contribution in [0.4, 0.5) is 0 Å². The van der Waals surface area contributed by atoms with Crippen LogP contribution in [0.15, 0.2) is 47.1 Å². The topological polar surface area (TPSA) is 74.9 Å². The fraction of sp³-hybridized carbons (Fsp3) is 0. The van der Waals surface area contributed by atoms with E-state index in [-0.39, 0.29) is 5.75 Å². The molecule has 17 heavy (non-hydrogen) atoms. The van der Waals surface area contributed by atoms with Crippen LogP contribution in [0.5, 0.6) is 5.75 Å². The third kappa shape index (κ3) is 1.78. The molecule has 0 aliphatic rings. The second kappa shape index (κ2) is 3.79. The summed E-state index contributed by atoms with van der Waals surface area (Å²) in [7, 11) is 0. The van der Waals surface area contributed by atoms with Gasteiger partial charge in [-0.3, -0.25) is 5.10 Å². The number of hydrogen-bond acceptors (Lipinski definition) is 4. The average molecular weight is 227 g/mol. The third-order valence-electron chi connectivity index (χ3n) is 2.34. The van der Waals surface area contributed by atoms with Gasteiger partial charge in [0.15, 0.2) is 17.4 Å². The van der Waals surface area contributed by atoms with Gasteiger partial charge < -0.3 is 9.52 Å². The summed E-state index contributed by atoms with van der Waals surface area (Å²) in [4.78, 5) is 4.29. The zero-order chi connectivity index (χ0) is 11.7. The predicted octanol–water partition coefficient (Wildman–Crippen LogP) is 2.44. The van der Waals surface area contributed by atoms with Gasteiger partial charge in [0.05, 0.1) is 6.26 Å². The maximum atomic E-state index is 9.38. The summed E-state index contributed by atoms with van der Waals surface area (Å²) in [6.07, 6.45) is 1.58. The number of furan rings is 1. The molecule has 0 atom stereocenters. The van der Waals surface area contributed by atoms with Gasteiger partial charge in [-0.1, -0.05) is 12.1 Å². The number of nitrogens with one attached hydrogen (secondary N) is 1. The zero-order valence-electron chi connectivity index (χ0n) is 8.79. The smallest absolute Gasteiger partial charge is 0.192 e. The fourth-order valence-electron chi connectivity index (χ4n) is 1.56. The minimum absolute atomic E-state index is 0.187. The quantitative estimate of drug-likeness (QED) is 0.705. The Kier molecular flexibility index (Phi) is 2.15. The Bertz CT molecular complexity index is 629. The van der Waals surface area contributed by atoms with E-state index < -0.39 is 0 Å². The number of phenols is 1. The van der Waals surface area contributed by atoms with E-state index in [0.717, 1.165) is 5.56 Å². The summed E-state index contributed by atoms with van der Waals surface area (Å²) in [5, 5.41) is 16.2. The van der Waals surface area contributed by atoms with Crippen LogP contribution in [0.25, 0.3) is 23.0 Å². The third-order valence-corrected chi connectivity index (χ3v) is 2.34. The van der Waals surface area contributed by atoms with E-state index in [1.165, 1.54) is 0 Å². The molecule has 0 aliphatic carbocycles. The zero-order valence-corrected chi connectivity index (χ0v) is 8.79. The Labute approximate surface area is 96.8 Å². The number of hydrogen-bond donors (Lipinski definition) is 2. The van der Waals surface area contributed by atoms with E-state index in [0.29, 0.717) is 17.4 Å². The molecule has 3 aromatic rings. The first-order valence-corrected chi connectivity index (χ1v) is 5.08. The number of nitrogens with zero attached hydrogens (tertiary/aromatic N) is 2. The first-order valence-electron chi connectivity index (χ1n) is 5.08. The van der Waals surface area contributed by atoms with Gasteiger partial charge in [-0.25, -0.2) is 4.98 Å². The number of H-pyrrole nitrogens is 1. The molecule has 5 heteroatoms. The molecule has 1 aromatic carbocycles. The number of rotatable bonds is 2. The molecule has 0 saturated heterocycles. The molecule has 0 amide bonds. The molecule has 2 aromatic heterocycles. The van der Waals surface area contributed by atoms with E-state index in [4.69, 9.17) is 4.42 Å². The normalized spacial score (nSPS) is 10.6. The molecule has 0 unspecified atom stereocenters. The lowest BCUT2D eigenvalue weighted by atomic mass is 10.2. The van der Waals surface area contributed by atoms with Gasteiger partial charge >= 0.3 is 0 Å². The molecule has 0 bridgehead atoms. The van der Waals surface area contributed by atoms with E-state index >= 15 is 0 Å². The maximum Gasteiger partial charge on any atom is 0.192 e. The van der Waals surface area contributed by atoms with Crippen LogP contribution in [0.3, 0.4) is 0 Å². The number of aromatic nitrogens is 3. The Morgan fingerprint density at radius 3 is 2.88 bits per heavy atom. The first kappa shape index (κ1) is 9.65. The highest BCUT2D eigenvalue weighted by Crippen LogP contribution is 2.22. The molecule has 0 spiro atoms. The number of phenolic OH excluding ortho intramolecular Hbond substituents is 1. The lowest BCUT2D eigenvalue weighted by molar-refractivity contribution is 0.475. The van der Waals surface area contributed by atoms with Crippen LogP contribution >= 0.6 is 0 Å². The Hall–Kier alpha value is -2.56. The number of aromatic amines is 1. The van der Waals surface area contributed by atoms with E-state index in [1.54, 1.807) is 36.6 Å². The number of benzene rings is 1. The Balaban J connectivity index is 2.01. The fourth-order valence-corrected chi connectivity index (χ4v) is 1.56. The van der Waals surface area contributed by atoms with Gasteiger partial charge in [0.2, 0.25) is 0 Å². The van der Waals surface area contributed by atoms with Crippen LogP contribution in [0.2, 0.25) is 0 Å². The minimum Gasteiger partial charge on any atom is -0.508 e. The van der Waals surface area contributed by atoms with Gasteiger partial charge in [0.25, 0.3) is 0 Å². The van der Waals surface area contributed by atoms with Crippen LogP contribution in [-0.4, -0.2) is 20.3 Å². The van der Waals surface area contributed by atoms with Crippen molar-refractivity contribution in [2.75, 3.05) is 0 Å². The van der Waals surface area contributed by atoms with Crippen molar-refractivity contribution in [2.24, 2.45) is 0 Å². The summed E-state index contributed by atoms with van der Waals surface area (Å²) < 4.78 is 5.21. The van der Waals surface area contributed by atoms with Crippen molar-refractivity contribution in [3.05, 3.63) is 42.7 Å². The first-order chi connectivity index (χ1) is 8.33. The second-order valence-electron chi connectivity index (χ2n) is 3.54. The summed E-state index contributed by atoms with van der Waals surface area (Å²) in [6.45, 7) is 0. The van der Waals surface area contributed by atoms with Crippen LogP contribution in [-0.2, 0) is 0 Å². The van der Waals surface area contributed by atoms with Gasteiger partial charge in [-0.15, -0.1) is 0 Å². The highest BCUT2D eigenvalue weighted by atomic mass is 16.3. The van der Waals surface area contributed by atoms with Crippen molar-refractivity contribution in [3.8, 4) is 28.7 Å². The Morgan fingerprint density at radius 2 is 2.12 bits per heavy atom.